The largest absolute Gasteiger partial charge is 0.416 e. The summed E-state index contributed by atoms with van der Waals surface area (Å²) in [6.45, 7) is 1.63. The molecule has 34 heavy (non-hydrogen) atoms. The second-order valence-electron chi connectivity index (χ2n) is 9.05. The van der Waals surface area contributed by atoms with Gasteiger partial charge in [0, 0.05) is 31.2 Å². The molecule has 2 unspecified atom stereocenters. The predicted molar refractivity (Wildman–Crippen MR) is 125 cm³/mol. The van der Waals surface area contributed by atoms with Crippen molar-refractivity contribution < 1.29 is 18.0 Å². The first-order valence-electron chi connectivity index (χ1n) is 11.4. The second-order valence-corrected chi connectivity index (χ2v) is 9.05. The van der Waals surface area contributed by atoms with E-state index >= 15 is 0 Å². The van der Waals surface area contributed by atoms with E-state index in [1.54, 1.807) is 18.3 Å². The number of aromatic nitrogens is 3. The molecule has 10 heteroatoms. The van der Waals surface area contributed by atoms with Gasteiger partial charge in [0.2, 0.25) is 0 Å². The summed E-state index contributed by atoms with van der Waals surface area (Å²) in [6, 6.07) is 7.04. The van der Waals surface area contributed by atoms with Crippen molar-refractivity contribution in [2.24, 2.45) is 0 Å². The van der Waals surface area contributed by atoms with E-state index in [1.807, 2.05) is 14.1 Å². The number of halogens is 3. The van der Waals surface area contributed by atoms with E-state index in [0.717, 1.165) is 50.3 Å². The molecule has 2 heterocycles. The van der Waals surface area contributed by atoms with Crippen LogP contribution in [0.15, 0.2) is 36.5 Å². The van der Waals surface area contributed by atoms with Crippen molar-refractivity contribution in [1.82, 2.24) is 25.2 Å². The molecule has 7 nitrogen and oxygen atoms in total. The van der Waals surface area contributed by atoms with Crippen molar-refractivity contribution >= 4 is 22.8 Å². The van der Waals surface area contributed by atoms with Crippen LogP contribution in [0, 0.1) is 0 Å². The highest BCUT2D eigenvalue weighted by Crippen LogP contribution is 2.34. The fourth-order valence-corrected chi connectivity index (χ4v) is 4.28. The number of imidazole rings is 1. The zero-order valence-corrected chi connectivity index (χ0v) is 19.2. The predicted octanol–water partition coefficient (Wildman–Crippen LogP) is 4.41. The number of rotatable bonds is 7. The van der Waals surface area contributed by atoms with Crippen molar-refractivity contribution in [2.45, 2.75) is 43.8 Å². The number of benzene rings is 1. The third-order valence-corrected chi connectivity index (χ3v) is 6.11. The highest BCUT2D eigenvalue weighted by atomic mass is 19.4. The van der Waals surface area contributed by atoms with Crippen LogP contribution >= 0.6 is 0 Å². The van der Waals surface area contributed by atoms with Crippen LogP contribution in [-0.4, -0.2) is 59.0 Å². The lowest BCUT2D eigenvalue weighted by molar-refractivity contribution is -0.137. The fraction of sp³-hybridized carbons (Fsp3) is 0.458. The minimum atomic E-state index is -4.39. The van der Waals surface area contributed by atoms with Crippen molar-refractivity contribution in [1.29, 1.82) is 0 Å². The third kappa shape index (κ3) is 5.85. The van der Waals surface area contributed by atoms with E-state index in [9.17, 15) is 18.0 Å². The molecule has 1 fully saturated rings. The summed E-state index contributed by atoms with van der Waals surface area (Å²) in [5.74, 6) is 1.25. The Morgan fingerprint density at radius 2 is 2.03 bits per heavy atom. The molecule has 2 aromatic heterocycles. The molecule has 182 valence electrons. The average Bonchev–Trinajstić information content (AvgIpc) is 3.22. The lowest BCUT2D eigenvalue weighted by Crippen LogP contribution is -2.38. The average molecular weight is 475 g/mol. The maximum Gasteiger partial charge on any atom is 0.416 e. The van der Waals surface area contributed by atoms with Gasteiger partial charge in [-0.05, 0) is 63.7 Å². The molecule has 1 amide bonds. The molecule has 1 aromatic carbocycles. The van der Waals surface area contributed by atoms with E-state index in [1.165, 1.54) is 6.07 Å². The van der Waals surface area contributed by atoms with Crippen LogP contribution in [0.5, 0.6) is 0 Å². The minimum Gasteiger partial charge on any atom is -0.369 e. The van der Waals surface area contributed by atoms with Crippen LogP contribution in [0.4, 0.5) is 19.0 Å². The van der Waals surface area contributed by atoms with Crippen LogP contribution in [-0.2, 0) is 6.18 Å². The zero-order chi connectivity index (χ0) is 24.3. The number of hydrogen-bond donors (Lipinski definition) is 3. The topological polar surface area (TPSA) is 85.9 Å². The summed E-state index contributed by atoms with van der Waals surface area (Å²) in [5, 5.41) is 6.29. The van der Waals surface area contributed by atoms with Crippen LogP contribution in [0.2, 0.25) is 0 Å². The first-order chi connectivity index (χ1) is 16.2. The first-order valence-corrected chi connectivity index (χ1v) is 11.4. The summed E-state index contributed by atoms with van der Waals surface area (Å²) in [4.78, 5) is 26.7. The Bertz CT molecular complexity index is 1130. The molecule has 1 saturated carbocycles. The van der Waals surface area contributed by atoms with Gasteiger partial charge in [0.25, 0.3) is 5.91 Å². The molecule has 3 N–H and O–H groups in total. The number of amides is 1. The summed E-state index contributed by atoms with van der Waals surface area (Å²) in [6.07, 6.45) is 0.453. The van der Waals surface area contributed by atoms with Crippen molar-refractivity contribution in [3.05, 3.63) is 53.5 Å². The number of hydrogen-bond acceptors (Lipinski definition) is 5. The third-order valence-electron chi connectivity index (χ3n) is 6.11. The molecule has 3 aromatic rings. The van der Waals surface area contributed by atoms with E-state index in [4.69, 9.17) is 0 Å². The molecule has 1 aliphatic rings. The van der Waals surface area contributed by atoms with E-state index in [0.29, 0.717) is 28.8 Å². The first kappa shape index (κ1) is 24.0. The monoisotopic (exact) mass is 474 g/mol. The van der Waals surface area contributed by atoms with Gasteiger partial charge in [-0.15, -0.1) is 0 Å². The van der Waals surface area contributed by atoms with E-state index in [-0.39, 0.29) is 17.9 Å². The molecule has 4 rings (SSSR count). The molecular weight excluding hydrogens is 445 g/mol. The number of pyridine rings is 1. The number of carbonyl (C=O) groups excluding carboxylic acids is 1. The van der Waals surface area contributed by atoms with Crippen LogP contribution in [0.3, 0.4) is 0 Å². The number of H-pyrrole nitrogens is 1. The fourth-order valence-electron chi connectivity index (χ4n) is 4.28. The van der Waals surface area contributed by atoms with Gasteiger partial charge in [-0.2, -0.15) is 13.2 Å². The Balaban J connectivity index is 1.37. The lowest BCUT2D eigenvalue weighted by Gasteiger charge is -2.28. The van der Waals surface area contributed by atoms with E-state index < -0.39 is 11.7 Å². The Labute approximate surface area is 196 Å². The van der Waals surface area contributed by atoms with Crippen LogP contribution < -0.4 is 10.6 Å². The van der Waals surface area contributed by atoms with Gasteiger partial charge in [0.1, 0.15) is 11.6 Å². The number of anilines is 1. The van der Waals surface area contributed by atoms with Gasteiger partial charge < -0.3 is 20.5 Å². The molecular formula is C24H29F3N6O. The lowest BCUT2D eigenvalue weighted by atomic mass is 9.85. The number of fused-ring (bicyclic) bond motifs is 1. The molecule has 2 atom stereocenters. The van der Waals surface area contributed by atoms with Crippen LogP contribution in [0.25, 0.3) is 11.0 Å². The summed E-state index contributed by atoms with van der Waals surface area (Å²) in [5.41, 5.74) is 0.682. The number of nitrogens with zero attached hydrogens (tertiary/aromatic N) is 3. The Morgan fingerprint density at radius 3 is 2.74 bits per heavy atom. The van der Waals surface area contributed by atoms with Crippen molar-refractivity contribution in [3.8, 4) is 0 Å². The van der Waals surface area contributed by atoms with Gasteiger partial charge in [0.05, 0.1) is 22.2 Å². The number of carbonyl (C=O) groups is 1. The Hall–Kier alpha value is -3.14. The Kier molecular flexibility index (Phi) is 7.06. The number of likely N-dealkylation sites (N-methyl/N-ethyl adjacent to an activating group) is 1. The normalized spacial score (nSPS) is 18.9. The van der Waals surface area contributed by atoms with Crippen LogP contribution in [0.1, 0.15) is 53.3 Å². The van der Waals surface area contributed by atoms with E-state index in [2.05, 4.69) is 30.5 Å². The quantitative estimate of drug-likeness (QED) is 0.473. The number of nitrogens with one attached hydrogen (secondary N) is 3. The molecule has 0 radical (unpaired) electrons. The minimum absolute atomic E-state index is 0.0388. The number of aromatic amines is 1. The van der Waals surface area contributed by atoms with Crippen molar-refractivity contribution in [2.75, 3.05) is 32.5 Å². The number of alkyl halides is 3. The van der Waals surface area contributed by atoms with Gasteiger partial charge in [-0.1, -0.05) is 6.42 Å². The highest BCUT2D eigenvalue weighted by Gasteiger charge is 2.31. The zero-order valence-electron chi connectivity index (χ0n) is 19.2. The summed E-state index contributed by atoms with van der Waals surface area (Å²) in [7, 11) is 3.99. The molecule has 0 saturated heterocycles. The SMILES string of the molecule is CN(C)CCNc1ccc(C(=O)NC2CCCC(c3nc4ccc(C(F)(F)F)cc4[nH]3)C2)cn1. The molecule has 1 aliphatic carbocycles. The van der Waals surface area contributed by atoms with Gasteiger partial charge in [-0.3, -0.25) is 4.79 Å². The summed E-state index contributed by atoms with van der Waals surface area (Å²) >= 11 is 0. The second kappa shape index (κ2) is 10.0. The summed E-state index contributed by atoms with van der Waals surface area (Å²) < 4.78 is 39.0. The van der Waals surface area contributed by atoms with Gasteiger partial charge >= 0.3 is 6.18 Å². The van der Waals surface area contributed by atoms with Gasteiger partial charge in [-0.25, -0.2) is 9.97 Å². The highest BCUT2D eigenvalue weighted by molar-refractivity contribution is 5.94. The smallest absolute Gasteiger partial charge is 0.369 e. The maximum atomic E-state index is 13.0. The molecule has 0 spiro atoms. The standard InChI is InChI=1S/C24H29F3N6O/c1-33(2)11-10-28-21-9-6-16(14-29-21)23(34)30-18-5-3-4-15(12-18)22-31-19-8-7-17(24(25,26)27)13-20(19)32-22/h6-9,13-15,18H,3-5,10-12H2,1-2H3,(H,28,29)(H,30,34)(H,31,32). The van der Waals surface area contributed by atoms with Crippen molar-refractivity contribution in [3.63, 3.8) is 0 Å². The Morgan fingerprint density at radius 1 is 1.21 bits per heavy atom. The van der Waals surface area contributed by atoms with Gasteiger partial charge in [0.15, 0.2) is 0 Å². The molecule has 0 aliphatic heterocycles. The maximum absolute atomic E-state index is 13.0. The molecule has 0 bridgehead atoms.